The Hall–Kier alpha value is -3.63. The van der Waals surface area contributed by atoms with Crippen LogP contribution in [0.4, 0.5) is 5.69 Å². The molecule has 0 spiro atoms. The van der Waals surface area contributed by atoms with Gasteiger partial charge >= 0.3 is 17.8 Å². The molecule has 1 unspecified atom stereocenters. The van der Waals surface area contributed by atoms with Crippen molar-refractivity contribution in [2.24, 2.45) is 11.3 Å². The molecule has 0 aliphatic carbocycles. The van der Waals surface area contributed by atoms with Crippen molar-refractivity contribution in [2.45, 2.75) is 39.8 Å². The SMILES string of the molecule is CC(=O)C(C(=O)O)[C@H](N[N@+]1(CC(C)(C)C)C(=O)CO[C@H](c2cccc3ccccc23)c2cc(Cl)ccc21)C(=O)O. The summed E-state index contributed by atoms with van der Waals surface area (Å²) in [7, 11) is 0. The first-order valence-corrected chi connectivity index (χ1v) is 13.2. The fourth-order valence-corrected chi connectivity index (χ4v) is 5.62. The minimum atomic E-state index is -1.94. The molecule has 4 rings (SSSR count). The van der Waals surface area contributed by atoms with Crippen LogP contribution in [0.1, 0.15) is 44.9 Å². The maximum atomic E-state index is 14.1. The molecule has 0 bridgehead atoms. The van der Waals surface area contributed by atoms with Crippen LogP contribution < -0.4 is 10.0 Å². The number of carboxylic acid groups (broad SMARTS) is 2. The molecule has 40 heavy (non-hydrogen) atoms. The van der Waals surface area contributed by atoms with E-state index in [1.54, 1.807) is 18.2 Å². The summed E-state index contributed by atoms with van der Waals surface area (Å²) in [6.07, 6.45) is -0.753. The zero-order valence-electron chi connectivity index (χ0n) is 22.7. The molecule has 0 aromatic heterocycles. The number of hydrogen-bond acceptors (Lipinski definition) is 6. The van der Waals surface area contributed by atoms with Crippen LogP contribution in [0.25, 0.3) is 10.8 Å². The van der Waals surface area contributed by atoms with Crippen molar-refractivity contribution in [2.75, 3.05) is 13.2 Å². The molecule has 10 heteroatoms. The number of halogens is 1. The Kier molecular flexibility index (Phi) is 8.14. The maximum absolute atomic E-state index is 14.1. The summed E-state index contributed by atoms with van der Waals surface area (Å²) in [5, 5.41) is 22.2. The highest BCUT2D eigenvalue weighted by molar-refractivity contribution is 6.30. The van der Waals surface area contributed by atoms with E-state index < -0.39 is 58.3 Å². The second-order valence-electron chi connectivity index (χ2n) is 11.3. The molecule has 0 saturated heterocycles. The second kappa shape index (κ2) is 11.1. The van der Waals surface area contributed by atoms with Gasteiger partial charge in [-0.3, -0.25) is 14.4 Å². The summed E-state index contributed by atoms with van der Waals surface area (Å²) in [5.41, 5.74) is 3.92. The van der Waals surface area contributed by atoms with Gasteiger partial charge in [-0.2, -0.15) is 0 Å². The Morgan fingerprint density at radius 1 is 1.02 bits per heavy atom. The number of fused-ring (bicyclic) bond motifs is 2. The Bertz CT molecular complexity index is 1480. The number of carboxylic acids is 2. The number of carbonyl (C=O) groups excluding carboxylic acids is 2. The molecule has 3 aromatic rings. The van der Waals surface area contributed by atoms with Gasteiger partial charge in [0.2, 0.25) is 0 Å². The number of ketones is 1. The van der Waals surface area contributed by atoms with Crippen LogP contribution in [0.15, 0.2) is 60.7 Å². The van der Waals surface area contributed by atoms with Gasteiger partial charge in [-0.25, -0.2) is 4.79 Å². The molecule has 4 atom stereocenters. The molecule has 0 radical (unpaired) electrons. The molecular formula is C30H32ClN2O7+. The number of nitrogens with one attached hydrogen (secondary N) is 1. The zero-order chi connectivity index (χ0) is 29.4. The third-order valence-electron chi connectivity index (χ3n) is 6.96. The lowest BCUT2D eigenvalue weighted by atomic mass is 9.91. The van der Waals surface area contributed by atoms with Gasteiger partial charge < -0.3 is 14.9 Å². The largest absolute Gasteiger partial charge is 0.481 e. The van der Waals surface area contributed by atoms with Crippen molar-refractivity contribution in [1.29, 1.82) is 0 Å². The third kappa shape index (κ3) is 5.64. The highest BCUT2D eigenvalue weighted by Crippen LogP contribution is 2.43. The molecule has 1 aliphatic heterocycles. The predicted molar refractivity (Wildman–Crippen MR) is 151 cm³/mol. The van der Waals surface area contributed by atoms with Gasteiger partial charge in [0.15, 0.2) is 18.3 Å². The molecule has 0 fully saturated rings. The highest BCUT2D eigenvalue weighted by Gasteiger charge is 2.53. The number of Topliss-reactive ketones (excluding diaryl/α,β-unsaturated/α-hetero) is 1. The van der Waals surface area contributed by atoms with Crippen molar-refractivity contribution in [3.8, 4) is 0 Å². The minimum Gasteiger partial charge on any atom is -0.481 e. The number of benzene rings is 3. The van der Waals surface area contributed by atoms with Crippen LogP contribution in [0.5, 0.6) is 0 Å². The number of hydrogen-bond donors (Lipinski definition) is 3. The van der Waals surface area contributed by atoms with E-state index >= 15 is 0 Å². The standard InChI is InChI=1S/C30H31ClN2O7/c1-17(34)25(28(36)37)26(29(38)39)32-33(16-30(2,3)4)23-13-12-19(31)14-22(23)27(40-15-24(33)35)21-11-7-9-18-8-5-6-10-20(18)21/h5-14,25-27,32H,15-16H2,1-4H3,(H-,36,37,38,39)/p+1/t25?,26-,27+,33-/m0/s1. The third-order valence-corrected chi connectivity index (χ3v) is 7.20. The Labute approximate surface area is 236 Å². The number of rotatable bonds is 8. The number of aliphatic carboxylic acids is 2. The van der Waals surface area contributed by atoms with Crippen LogP contribution in [0.2, 0.25) is 5.02 Å². The van der Waals surface area contributed by atoms with Crippen LogP contribution in [-0.4, -0.2) is 53.0 Å². The first-order chi connectivity index (χ1) is 18.7. The molecule has 1 heterocycles. The lowest BCUT2D eigenvalue weighted by Gasteiger charge is -2.41. The van der Waals surface area contributed by atoms with Crippen molar-refractivity contribution in [1.82, 2.24) is 10.0 Å². The number of ether oxygens (including phenoxy) is 1. The smallest absolute Gasteiger partial charge is 0.363 e. The van der Waals surface area contributed by atoms with Crippen LogP contribution >= 0.6 is 11.6 Å². The van der Waals surface area contributed by atoms with Gasteiger partial charge in [-0.05, 0) is 35.4 Å². The van der Waals surface area contributed by atoms with E-state index in [-0.39, 0.29) is 6.54 Å². The van der Waals surface area contributed by atoms with E-state index in [0.717, 1.165) is 23.3 Å². The first-order valence-electron chi connectivity index (χ1n) is 12.8. The fraction of sp³-hybridized carbons (Fsp3) is 0.333. The molecule has 3 aromatic carbocycles. The normalized spacial score (nSPS) is 20.8. The van der Waals surface area contributed by atoms with Gasteiger partial charge in [0.25, 0.3) is 0 Å². The molecule has 3 N–H and O–H groups in total. The predicted octanol–water partition coefficient (Wildman–Crippen LogP) is 4.74. The summed E-state index contributed by atoms with van der Waals surface area (Å²) in [4.78, 5) is 51.0. The van der Waals surface area contributed by atoms with E-state index in [0.29, 0.717) is 16.3 Å². The summed E-state index contributed by atoms with van der Waals surface area (Å²) in [5.74, 6) is -6.52. The Morgan fingerprint density at radius 3 is 2.33 bits per heavy atom. The minimum absolute atomic E-state index is 0.0279. The topological polar surface area (TPSA) is 130 Å². The molecule has 0 saturated carbocycles. The average molecular weight is 568 g/mol. The second-order valence-corrected chi connectivity index (χ2v) is 11.7. The lowest BCUT2D eigenvalue weighted by molar-refractivity contribution is -0.158. The van der Waals surface area contributed by atoms with E-state index in [1.165, 1.54) is 0 Å². The van der Waals surface area contributed by atoms with Crippen molar-refractivity contribution in [3.05, 3.63) is 76.8 Å². The van der Waals surface area contributed by atoms with E-state index in [4.69, 9.17) is 16.3 Å². The average Bonchev–Trinajstić information content (AvgIpc) is 2.96. The Morgan fingerprint density at radius 2 is 1.70 bits per heavy atom. The van der Waals surface area contributed by atoms with Crippen molar-refractivity contribution in [3.63, 3.8) is 0 Å². The van der Waals surface area contributed by atoms with Crippen molar-refractivity contribution >= 4 is 51.7 Å². The summed E-state index contributed by atoms with van der Waals surface area (Å²) >= 11 is 6.47. The maximum Gasteiger partial charge on any atom is 0.363 e. The number of carbonyl (C=O) groups is 4. The molecule has 9 nitrogen and oxygen atoms in total. The number of amides is 1. The van der Waals surface area contributed by atoms with E-state index in [2.05, 4.69) is 5.43 Å². The van der Waals surface area contributed by atoms with Crippen LogP contribution in [0.3, 0.4) is 0 Å². The summed E-state index contributed by atoms with van der Waals surface area (Å²) < 4.78 is 5.50. The number of nitrogens with zero attached hydrogens (tertiary/aromatic N) is 1. The monoisotopic (exact) mass is 567 g/mol. The first kappa shape index (κ1) is 29.4. The molecule has 210 valence electrons. The molecule has 1 aliphatic rings. The summed E-state index contributed by atoms with van der Waals surface area (Å²) in [6.45, 7) is 6.25. The van der Waals surface area contributed by atoms with Gasteiger partial charge in [0.1, 0.15) is 24.3 Å². The quantitative estimate of drug-likeness (QED) is 0.263. The van der Waals surface area contributed by atoms with E-state index in [9.17, 15) is 29.4 Å². The zero-order valence-corrected chi connectivity index (χ0v) is 23.4. The van der Waals surface area contributed by atoms with Gasteiger partial charge in [-0.15, -0.1) is 10.0 Å². The van der Waals surface area contributed by atoms with Crippen LogP contribution in [-0.2, 0) is 23.9 Å². The molecule has 1 amide bonds. The van der Waals surface area contributed by atoms with Crippen LogP contribution in [0, 0.1) is 11.3 Å². The number of quaternary nitrogens is 1. The van der Waals surface area contributed by atoms with Crippen molar-refractivity contribution < 1.29 is 34.1 Å². The van der Waals surface area contributed by atoms with Gasteiger partial charge in [-0.1, -0.05) is 74.8 Å². The lowest BCUT2D eigenvalue weighted by Crippen LogP contribution is -2.72. The highest BCUT2D eigenvalue weighted by atomic mass is 35.5. The Balaban J connectivity index is 2.01. The van der Waals surface area contributed by atoms with Gasteiger partial charge in [0.05, 0.1) is 5.56 Å². The summed E-state index contributed by atoms with van der Waals surface area (Å²) in [6, 6.07) is 16.5. The van der Waals surface area contributed by atoms with Gasteiger partial charge in [0, 0.05) is 16.5 Å². The molecular weight excluding hydrogens is 536 g/mol. The fourth-order valence-electron chi connectivity index (χ4n) is 5.44. The van der Waals surface area contributed by atoms with E-state index in [1.807, 2.05) is 63.2 Å².